The normalized spacial score (nSPS) is 15.1. The van der Waals surface area contributed by atoms with E-state index in [0.29, 0.717) is 22.9 Å². The summed E-state index contributed by atoms with van der Waals surface area (Å²) >= 11 is 0. The molecule has 0 aromatic heterocycles. The van der Waals surface area contributed by atoms with Gasteiger partial charge in [0.2, 0.25) is 0 Å². The Morgan fingerprint density at radius 1 is 1.03 bits per heavy atom. The van der Waals surface area contributed by atoms with Gasteiger partial charge in [-0.05, 0) is 48.9 Å². The molecule has 1 atom stereocenters. The Hall–Kier alpha value is -3.72. The molecule has 1 amide bonds. The first-order valence-corrected chi connectivity index (χ1v) is 12.1. The number of nitrogens with zero attached hydrogens (tertiary/aromatic N) is 1. The molecule has 0 saturated carbocycles. The maximum absolute atomic E-state index is 13.5. The summed E-state index contributed by atoms with van der Waals surface area (Å²) in [6.45, 7) is 1.95. The van der Waals surface area contributed by atoms with Crippen LogP contribution in [0.1, 0.15) is 11.1 Å². The number of anilines is 1. The maximum atomic E-state index is 13.5. The number of nitrogens with one attached hydrogen (secondary N) is 1. The molecule has 1 heterocycles. The minimum atomic E-state index is -3.90. The lowest BCUT2D eigenvalue weighted by Gasteiger charge is -2.34. The average Bonchev–Trinajstić information content (AvgIpc) is 2.86. The molecule has 0 saturated heterocycles. The van der Waals surface area contributed by atoms with Gasteiger partial charge < -0.3 is 19.5 Å². The Balaban J connectivity index is 1.56. The van der Waals surface area contributed by atoms with Crippen LogP contribution < -0.4 is 23.8 Å². The van der Waals surface area contributed by atoms with Crippen LogP contribution in [0.4, 0.5) is 5.69 Å². The number of sulfonamides is 1. The highest BCUT2D eigenvalue weighted by Gasteiger charge is 2.37. The molecule has 1 N–H and O–H groups in total. The van der Waals surface area contributed by atoms with Crippen LogP contribution in [-0.4, -0.2) is 41.2 Å². The van der Waals surface area contributed by atoms with Crippen LogP contribution in [0.25, 0.3) is 0 Å². The number of carbonyl (C=O) groups excluding carboxylic acids is 1. The van der Waals surface area contributed by atoms with Crippen molar-refractivity contribution in [2.24, 2.45) is 0 Å². The van der Waals surface area contributed by atoms with Crippen LogP contribution in [-0.2, 0) is 21.4 Å². The number of carbonyl (C=O) groups is 1. The van der Waals surface area contributed by atoms with Gasteiger partial charge in [-0.25, -0.2) is 8.42 Å². The van der Waals surface area contributed by atoms with Gasteiger partial charge >= 0.3 is 0 Å². The lowest BCUT2D eigenvalue weighted by molar-refractivity contribution is -0.127. The van der Waals surface area contributed by atoms with Gasteiger partial charge in [0.25, 0.3) is 15.9 Å². The van der Waals surface area contributed by atoms with Crippen LogP contribution in [0, 0.1) is 6.92 Å². The minimum absolute atomic E-state index is 0.148. The van der Waals surface area contributed by atoms with Crippen molar-refractivity contribution >= 4 is 21.6 Å². The summed E-state index contributed by atoms with van der Waals surface area (Å²) in [5.41, 5.74) is 2.15. The first-order chi connectivity index (χ1) is 16.3. The second kappa shape index (κ2) is 9.64. The minimum Gasteiger partial charge on any atom is -0.493 e. The lowest BCUT2D eigenvalue weighted by atomic mass is 10.2. The van der Waals surface area contributed by atoms with Gasteiger partial charge in [-0.15, -0.1) is 0 Å². The Labute approximate surface area is 199 Å². The zero-order chi connectivity index (χ0) is 24.3. The topological polar surface area (TPSA) is 94.2 Å². The first-order valence-electron chi connectivity index (χ1n) is 10.7. The molecule has 0 aliphatic carbocycles. The number of fused-ring (bicyclic) bond motifs is 1. The Kier molecular flexibility index (Phi) is 6.65. The number of aryl methyl sites for hydroxylation is 1. The third-order valence-electron chi connectivity index (χ3n) is 5.55. The van der Waals surface area contributed by atoms with Crippen molar-refractivity contribution in [2.75, 3.05) is 25.1 Å². The van der Waals surface area contributed by atoms with Gasteiger partial charge in [-0.3, -0.25) is 9.10 Å². The fourth-order valence-electron chi connectivity index (χ4n) is 3.70. The number of hydrogen-bond donors (Lipinski definition) is 1. The van der Waals surface area contributed by atoms with Crippen molar-refractivity contribution in [3.63, 3.8) is 0 Å². The third kappa shape index (κ3) is 4.65. The SMILES string of the molecule is COc1ccc(CNC(=O)[C@@H]2CN(S(=O)(=O)c3ccc(C)cc3)c3ccccc3O2)cc1OC. The highest BCUT2D eigenvalue weighted by molar-refractivity contribution is 7.92. The van der Waals surface area contributed by atoms with E-state index in [9.17, 15) is 13.2 Å². The Morgan fingerprint density at radius 2 is 1.74 bits per heavy atom. The van der Waals surface area contributed by atoms with E-state index in [1.165, 1.54) is 11.4 Å². The standard InChI is InChI=1S/C25H26N2O6S/c1-17-8-11-19(12-9-17)34(29,30)27-16-24(33-21-7-5-4-6-20(21)27)25(28)26-15-18-10-13-22(31-2)23(14-18)32-3/h4-14,24H,15-16H2,1-3H3,(H,26,28)/t24-/m0/s1. The van der Waals surface area contributed by atoms with Crippen LogP contribution in [0.2, 0.25) is 0 Å². The zero-order valence-corrected chi connectivity index (χ0v) is 20.0. The van der Waals surface area contributed by atoms with Crippen molar-refractivity contribution in [3.8, 4) is 17.2 Å². The van der Waals surface area contributed by atoms with Crippen molar-refractivity contribution in [2.45, 2.75) is 24.5 Å². The molecule has 0 fully saturated rings. The number of methoxy groups -OCH3 is 2. The Bertz CT molecular complexity index is 1290. The lowest BCUT2D eigenvalue weighted by Crippen LogP contribution is -2.50. The summed E-state index contributed by atoms with van der Waals surface area (Å²) in [6.07, 6.45) is -1.02. The number of rotatable bonds is 7. The van der Waals surface area contributed by atoms with Crippen LogP contribution >= 0.6 is 0 Å². The van der Waals surface area contributed by atoms with Crippen molar-refractivity contribution in [3.05, 3.63) is 77.9 Å². The van der Waals surface area contributed by atoms with E-state index in [1.807, 2.05) is 13.0 Å². The molecule has 3 aromatic carbocycles. The van der Waals surface area contributed by atoms with Gasteiger partial charge in [0, 0.05) is 6.54 Å². The molecular formula is C25H26N2O6S. The Morgan fingerprint density at radius 3 is 2.44 bits per heavy atom. The molecule has 178 valence electrons. The van der Waals surface area contributed by atoms with Crippen LogP contribution in [0.15, 0.2) is 71.6 Å². The van der Waals surface area contributed by atoms with E-state index in [2.05, 4.69) is 5.32 Å². The second-order valence-corrected chi connectivity index (χ2v) is 9.69. The molecule has 4 rings (SSSR count). The quantitative estimate of drug-likeness (QED) is 0.556. The van der Waals surface area contributed by atoms with Crippen LogP contribution in [0.5, 0.6) is 17.2 Å². The first kappa shape index (κ1) is 23.4. The number of para-hydroxylation sites is 2. The highest BCUT2D eigenvalue weighted by Crippen LogP contribution is 2.37. The molecule has 0 unspecified atom stereocenters. The predicted molar refractivity (Wildman–Crippen MR) is 128 cm³/mol. The molecular weight excluding hydrogens is 456 g/mol. The summed E-state index contributed by atoms with van der Waals surface area (Å²) in [5, 5.41) is 2.83. The smallest absolute Gasteiger partial charge is 0.264 e. The summed E-state index contributed by atoms with van der Waals surface area (Å²) in [5.74, 6) is 1.04. The number of amides is 1. The monoisotopic (exact) mass is 482 g/mol. The largest absolute Gasteiger partial charge is 0.493 e. The van der Waals surface area contributed by atoms with Gasteiger partial charge in [0.1, 0.15) is 5.75 Å². The molecule has 8 nitrogen and oxygen atoms in total. The summed E-state index contributed by atoms with van der Waals surface area (Å²) in [7, 11) is -0.812. The van der Waals surface area contributed by atoms with Crippen molar-refractivity contribution in [1.29, 1.82) is 0 Å². The maximum Gasteiger partial charge on any atom is 0.264 e. The highest BCUT2D eigenvalue weighted by atomic mass is 32.2. The van der Waals surface area contributed by atoms with E-state index < -0.39 is 22.0 Å². The summed E-state index contributed by atoms with van der Waals surface area (Å²) < 4.78 is 44.6. The predicted octanol–water partition coefficient (Wildman–Crippen LogP) is 3.28. The molecule has 0 spiro atoms. The molecule has 1 aliphatic heterocycles. The zero-order valence-electron chi connectivity index (χ0n) is 19.1. The molecule has 0 radical (unpaired) electrons. The summed E-state index contributed by atoms with van der Waals surface area (Å²) in [6, 6.07) is 18.7. The van der Waals surface area contributed by atoms with Crippen molar-refractivity contribution < 1.29 is 27.4 Å². The molecule has 0 bridgehead atoms. The second-order valence-electron chi connectivity index (χ2n) is 7.83. The number of hydrogen-bond acceptors (Lipinski definition) is 6. The van der Waals surface area contributed by atoms with E-state index in [4.69, 9.17) is 14.2 Å². The van der Waals surface area contributed by atoms with E-state index in [-0.39, 0.29) is 18.0 Å². The average molecular weight is 483 g/mol. The fraction of sp³-hybridized carbons (Fsp3) is 0.240. The third-order valence-corrected chi connectivity index (χ3v) is 7.34. The van der Waals surface area contributed by atoms with Gasteiger partial charge in [-0.2, -0.15) is 0 Å². The molecule has 3 aromatic rings. The van der Waals surface area contributed by atoms with Crippen LogP contribution in [0.3, 0.4) is 0 Å². The summed E-state index contributed by atoms with van der Waals surface area (Å²) in [4.78, 5) is 13.2. The number of benzene rings is 3. The van der Waals surface area contributed by atoms with Gasteiger partial charge in [-0.1, -0.05) is 35.9 Å². The molecule has 1 aliphatic rings. The molecule has 9 heteroatoms. The van der Waals surface area contributed by atoms with E-state index in [1.54, 1.807) is 67.8 Å². The molecule has 34 heavy (non-hydrogen) atoms. The van der Waals surface area contributed by atoms with E-state index in [0.717, 1.165) is 11.1 Å². The van der Waals surface area contributed by atoms with Gasteiger partial charge in [0.15, 0.2) is 17.6 Å². The van der Waals surface area contributed by atoms with Crippen molar-refractivity contribution in [1.82, 2.24) is 5.32 Å². The van der Waals surface area contributed by atoms with Gasteiger partial charge in [0.05, 0.1) is 31.3 Å². The number of ether oxygens (including phenoxy) is 3. The van der Waals surface area contributed by atoms with E-state index >= 15 is 0 Å². The fourth-order valence-corrected chi connectivity index (χ4v) is 5.17.